The molecule has 0 bridgehead atoms. The second-order valence-electron chi connectivity index (χ2n) is 11.7. The molecule has 2 N–H and O–H groups in total. The number of likely N-dealkylation sites (tertiary alicyclic amines) is 2. The van der Waals surface area contributed by atoms with Gasteiger partial charge in [0.2, 0.25) is 11.6 Å². The summed E-state index contributed by atoms with van der Waals surface area (Å²) in [5, 5.41) is 0.247. The molecule has 0 aliphatic carbocycles. The lowest BCUT2D eigenvalue weighted by Gasteiger charge is -2.41. The van der Waals surface area contributed by atoms with Crippen LogP contribution in [-0.2, 0) is 4.74 Å². The minimum absolute atomic E-state index is 0.00213. The molecule has 5 heterocycles. The Balaban J connectivity index is 1.39. The van der Waals surface area contributed by atoms with Crippen molar-refractivity contribution < 1.29 is 32.5 Å². The van der Waals surface area contributed by atoms with Crippen LogP contribution in [-0.4, -0.2) is 84.5 Å². The van der Waals surface area contributed by atoms with Gasteiger partial charge in [-0.25, -0.2) is 18.4 Å². The van der Waals surface area contributed by atoms with Crippen molar-refractivity contribution in [3.63, 3.8) is 0 Å². The first-order valence-corrected chi connectivity index (χ1v) is 15.9. The number of nitrogens with zero attached hydrogens (tertiary/aromatic N) is 5. The van der Waals surface area contributed by atoms with E-state index in [0.717, 1.165) is 30.7 Å². The first-order valence-electron chi connectivity index (χ1n) is 14.7. The van der Waals surface area contributed by atoms with Gasteiger partial charge >= 0.3 is 12.1 Å². The van der Waals surface area contributed by atoms with Crippen LogP contribution in [0.4, 0.5) is 24.3 Å². The standard InChI is InChI=1S/C31H29ClF2N6O5S/c1-13(17-6-5-9-39(17)3)44-30-37-24-21-26(43-12-18(45-29(21)38-30)14-10-40(11-14)31(41)42-4)22(32)19(23(24)34)15-7-8-16(33)27-20(15)25(36-2)28(35)46-27/h7-8,13-14,17-18H,5-6,9-12,35H2,1,3-4H3/t13-,17-,18?/m0/s1. The summed E-state index contributed by atoms with van der Waals surface area (Å²) < 4.78 is 55.6. The lowest BCUT2D eigenvalue weighted by Crippen LogP contribution is -2.56. The molecule has 0 saturated carbocycles. The highest BCUT2D eigenvalue weighted by molar-refractivity contribution is 7.23. The van der Waals surface area contributed by atoms with Gasteiger partial charge in [-0.2, -0.15) is 9.97 Å². The Hall–Kier alpha value is -4.19. The molecule has 15 heteroatoms. The predicted octanol–water partition coefficient (Wildman–Crippen LogP) is 6.28. The molecule has 4 aromatic rings. The topological polar surface area (TPSA) is 117 Å². The number of halogens is 3. The van der Waals surface area contributed by atoms with Crippen LogP contribution in [0.3, 0.4) is 0 Å². The van der Waals surface area contributed by atoms with Gasteiger partial charge < -0.3 is 29.6 Å². The molecule has 240 valence electrons. The van der Waals surface area contributed by atoms with Gasteiger partial charge in [0.1, 0.15) is 35.5 Å². The summed E-state index contributed by atoms with van der Waals surface area (Å²) in [4.78, 5) is 28.3. The summed E-state index contributed by atoms with van der Waals surface area (Å²) >= 11 is 7.86. The van der Waals surface area contributed by atoms with E-state index >= 15 is 4.39 Å². The van der Waals surface area contributed by atoms with Gasteiger partial charge in [0.15, 0.2) is 11.6 Å². The minimum atomic E-state index is -0.845. The van der Waals surface area contributed by atoms with Gasteiger partial charge in [0, 0.05) is 36.0 Å². The molecule has 2 saturated heterocycles. The third-order valence-electron chi connectivity index (χ3n) is 9.03. The highest BCUT2D eigenvalue weighted by Crippen LogP contribution is 2.52. The Morgan fingerprint density at radius 1 is 1.28 bits per heavy atom. The smallest absolute Gasteiger partial charge is 0.409 e. The quantitative estimate of drug-likeness (QED) is 0.245. The molecule has 11 nitrogen and oxygen atoms in total. The Labute approximate surface area is 271 Å². The largest absolute Gasteiger partial charge is 0.487 e. The number of methoxy groups -OCH3 is 1. The number of nitrogen functional groups attached to an aromatic ring is 1. The van der Waals surface area contributed by atoms with E-state index in [1.54, 1.807) is 0 Å². The summed E-state index contributed by atoms with van der Waals surface area (Å²) in [6.07, 6.45) is 0.596. The zero-order valence-electron chi connectivity index (χ0n) is 25.1. The molecule has 2 fully saturated rings. The van der Waals surface area contributed by atoms with Crippen LogP contribution in [0.25, 0.3) is 37.0 Å². The van der Waals surface area contributed by atoms with Crippen LogP contribution in [0.2, 0.25) is 5.02 Å². The van der Waals surface area contributed by atoms with Crippen molar-refractivity contribution in [3.8, 4) is 28.8 Å². The van der Waals surface area contributed by atoms with Crippen molar-refractivity contribution in [2.45, 2.75) is 38.0 Å². The highest BCUT2D eigenvalue weighted by Gasteiger charge is 2.41. The average molecular weight is 671 g/mol. The molecular formula is C31H29ClF2N6O5S. The molecule has 3 atom stereocenters. The number of carbonyl (C=O) groups excluding carboxylic acids is 1. The fourth-order valence-corrected chi connectivity index (χ4v) is 7.87. The normalized spacial score (nSPS) is 20.5. The second kappa shape index (κ2) is 11.6. The summed E-state index contributed by atoms with van der Waals surface area (Å²) in [6.45, 7) is 11.3. The maximum absolute atomic E-state index is 16.9. The molecule has 46 heavy (non-hydrogen) atoms. The van der Waals surface area contributed by atoms with E-state index in [2.05, 4.69) is 19.7 Å². The van der Waals surface area contributed by atoms with Gasteiger partial charge in [0.05, 0.1) is 28.4 Å². The molecule has 0 radical (unpaired) electrons. The number of aromatic nitrogens is 2. The van der Waals surface area contributed by atoms with Crippen molar-refractivity contribution in [2.24, 2.45) is 5.92 Å². The third kappa shape index (κ3) is 4.80. The van der Waals surface area contributed by atoms with Crippen LogP contribution in [0.5, 0.6) is 17.6 Å². The summed E-state index contributed by atoms with van der Waals surface area (Å²) in [5.41, 5.74) is 5.94. The number of fused-ring (bicyclic) bond motifs is 1. The molecule has 3 aliphatic heterocycles. The zero-order chi connectivity index (χ0) is 32.4. The molecule has 0 spiro atoms. The molecular weight excluding hydrogens is 642 g/mol. The number of benzene rings is 2. The van der Waals surface area contributed by atoms with E-state index in [0.29, 0.717) is 13.1 Å². The van der Waals surface area contributed by atoms with Crippen LogP contribution in [0.1, 0.15) is 19.8 Å². The lowest BCUT2D eigenvalue weighted by molar-refractivity contribution is -0.00658. The number of nitrogens with two attached hydrogens (primary N) is 1. The van der Waals surface area contributed by atoms with E-state index < -0.39 is 23.8 Å². The molecule has 2 aromatic heterocycles. The maximum atomic E-state index is 16.9. The first kappa shape index (κ1) is 30.5. The Morgan fingerprint density at radius 3 is 2.76 bits per heavy atom. The Morgan fingerprint density at radius 2 is 2.07 bits per heavy atom. The van der Waals surface area contributed by atoms with Gasteiger partial charge in [0.25, 0.3) is 0 Å². The van der Waals surface area contributed by atoms with Crippen LogP contribution in [0, 0.1) is 24.1 Å². The fraction of sp³-hybridized carbons (Fsp3) is 0.419. The van der Waals surface area contributed by atoms with E-state index in [4.69, 9.17) is 42.9 Å². The van der Waals surface area contributed by atoms with Crippen LogP contribution >= 0.6 is 22.9 Å². The van der Waals surface area contributed by atoms with Crippen LogP contribution < -0.4 is 19.9 Å². The Kier molecular flexibility index (Phi) is 7.65. The van der Waals surface area contributed by atoms with Gasteiger partial charge in [-0.05, 0) is 45.0 Å². The average Bonchev–Trinajstić information content (AvgIpc) is 3.53. The molecule has 2 aromatic carbocycles. The molecule has 3 aliphatic rings. The maximum Gasteiger partial charge on any atom is 0.409 e. The summed E-state index contributed by atoms with van der Waals surface area (Å²) in [5.74, 6) is -1.47. The zero-order valence-corrected chi connectivity index (χ0v) is 26.7. The highest BCUT2D eigenvalue weighted by atomic mass is 35.5. The number of ether oxygens (including phenoxy) is 4. The number of hydrogen-bond acceptors (Lipinski definition) is 10. The second-order valence-corrected chi connectivity index (χ2v) is 13.1. The first-order chi connectivity index (χ1) is 22.1. The van der Waals surface area contributed by atoms with Crippen LogP contribution in [0.15, 0.2) is 12.1 Å². The summed E-state index contributed by atoms with van der Waals surface area (Å²) in [6, 6.07) is 2.57. The van der Waals surface area contributed by atoms with Gasteiger partial charge in [-0.1, -0.05) is 17.7 Å². The monoisotopic (exact) mass is 670 g/mol. The van der Waals surface area contributed by atoms with Crippen molar-refractivity contribution in [1.29, 1.82) is 0 Å². The summed E-state index contributed by atoms with van der Waals surface area (Å²) in [7, 11) is 3.34. The number of amides is 1. The number of carbonyl (C=O) groups is 1. The fourth-order valence-electron chi connectivity index (χ4n) is 6.60. The molecule has 1 amide bonds. The predicted molar refractivity (Wildman–Crippen MR) is 169 cm³/mol. The van der Waals surface area contributed by atoms with E-state index in [1.807, 2.05) is 14.0 Å². The Bertz CT molecular complexity index is 1950. The molecule has 7 rings (SSSR count). The number of rotatable bonds is 5. The van der Waals surface area contributed by atoms with E-state index in [1.165, 1.54) is 24.1 Å². The number of hydrogen-bond donors (Lipinski definition) is 1. The van der Waals surface area contributed by atoms with Crippen molar-refractivity contribution in [3.05, 3.63) is 40.2 Å². The third-order valence-corrected chi connectivity index (χ3v) is 10.4. The van der Waals surface area contributed by atoms with Crippen molar-refractivity contribution >= 4 is 60.7 Å². The SMILES string of the molecule is [C-]#[N+]c1c(N)sc2c(F)ccc(-c3c(Cl)c4c5c(nc(O[C@@H](C)[C@@H]6CCCN6C)nc5c3F)OC(C3CN(C(=O)OC)C3)CO4)c12. The number of likely N-dealkylation sites (N-methyl/N-ethyl adjacent to an activating group) is 1. The number of thiophene rings is 1. The van der Waals surface area contributed by atoms with Crippen molar-refractivity contribution in [1.82, 2.24) is 19.8 Å². The lowest BCUT2D eigenvalue weighted by atomic mass is 9.94. The van der Waals surface area contributed by atoms with E-state index in [-0.39, 0.29) is 90.1 Å². The minimum Gasteiger partial charge on any atom is -0.487 e. The van der Waals surface area contributed by atoms with Crippen molar-refractivity contribution in [2.75, 3.05) is 46.1 Å². The van der Waals surface area contributed by atoms with Gasteiger partial charge in [-0.3, -0.25) is 4.90 Å². The van der Waals surface area contributed by atoms with E-state index in [9.17, 15) is 9.18 Å². The molecule has 1 unspecified atom stereocenters. The number of anilines is 1. The van der Waals surface area contributed by atoms with Gasteiger partial charge in [-0.15, -0.1) is 11.3 Å².